The van der Waals surface area contributed by atoms with E-state index in [1.165, 1.54) is 0 Å². The Labute approximate surface area is 135 Å². The Balaban J connectivity index is 1.92. The van der Waals surface area contributed by atoms with E-state index in [1.807, 2.05) is 50.2 Å². The Morgan fingerprint density at radius 2 is 1.78 bits per heavy atom. The number of aryl methyl sites for hydroxylation is 1. The lowest BCUT2D eigenvalue weighted by atomic mass is 10.2. The number of hydrogen-bond acceptors (Lipinski definition) is 3. The highest BCUT2D eigenvalue weighted by molar-refractivity contribution is 6.39. The normalized spacial score (nSPS) is 10.0. The molecule has 0 heterocycles. The number of rotatable bonds is 5. The van der Waals surface area contributed by atoms with E-state index in [-0.39, 0.29) is 0 Å². The maximum atomic E-state index is 11.9. The van der Waals surface area contributed by atoms with Gasteiger partial charge in [0.05, 0.1) is 6.61 Å². The van der Waals surface area contributed by atoms with Gasteiger partial charge in [0.25, 0.3) is 0 Å². The molecule has 5 nitrogen and oxygen atoms in total. The highest BCUT2D eigenvalue weighted by Crippen LogP contribution is 2.21. The Hall–Kier alpha value is -2.82. The number of carbonyl (C=O) groups excluding carboxylic acids is 2. The van der Waals surface area contributed by atoms with Gasteiger partial charge in [-0.2, -0.15) is 0 Å². The summed E-state index contributed by atoms with van der Waals surface area (Å²) in [6.07, 6.45) is 0. The highest BCUT2D eigenvalue weighted by Gasteiger charge is 2.14. The zero-order valence-electron chi connectivity index (χ0n) is 13.3. The first kappa shape index (κ1) is 16.5. The molecule has 0 bridgehead atoms. The van der Waals surface area contributed by atoms with Gasteiger partial charge in [0.1, 0.15) is 5.75 Å². The Kier molecular flexibility index (Phi) is 5.74. The van der Waals surface area contributed by atoms with Crippen molar-refractivity contribution in [2.75, 3.05) is 11.9 Å². The summed E-state index contributed by atoms with van der Waals surface area (Å²) in [5.74, 6) is -0.619. The van der Waals surface area contributed by atoms with Gasteiger partial charge in [-0.1, -0.05) is 30.3 Å². The highest BCUT2D eigenvalue weighted by atomic mass is 16.5. The molecule has 2 aromatic rings. The first-order valence-electron chi connectivity index (χ1n) is 7.46. The van der Waals surface area contributed by atoms with E-state index >= 15 is 0 Å². The summed E-state index contributed by atoms with van der Waals surface area (Å²) < 4.78 is 5.39. The van der Waals surface area contributed by atoms with Crippen molar-refractivity contribution in [3.05, 3.63) is 59.7 Å². The summed E-state index contributed by atoms with van der Waals surface area (Å²) in [4.78, 5) is 23.8. The van der Waals surface area contributed by atoms with E-state index < -0.39 is 11.8 Å². The van der Waals surface area contributed by atoms with Gasteiger partial charge in [-0.25, -0.2) is 0 Å². The van der Waals surface area contributed by atoms with E-state index in [9.17, 15) is 9.59 Å². The molecule has 0 fully saturated rings. The summed E-state index contributed by atoms with van der Waals surface area (Å²) in [6, 6.07) is 14.7. The van der Waals surface area contributed by atoms with E-state index in [0.717, 1.165) is 16.9 Å². The van der Waals surface area contributed by atoms with Crippen molar-refractivity contribution in [3.8, 4) is 5.75 Å². The molecule has 2 amide bonds. The van der Waals surface area contributed by atoms with Gasteiger partial charge in [0.2, 0.25) is 0 Å². The Bertz CT molecular complexity index is 684. The Morgan fingerprint density at radius 1 is 1.04 bits per heavy atom. The average Bonchev–Trinajstić information content (AvgIpc) is 2.56. The average molecular weight is 312 g/mol. The van der Waals surface area contributed by atoms with E-state index in [0.29, 0.717) is 18.8 Å². The van der Waals surface area contributed by atoms with E-state index in [1.54, 1.807) is 12.1 Å². The van der Waals surface area contributed by atoms with Crippen LogP contribution in [0, 0.1) is 6.92 Å². The van der Waals surface area contributed by atoms with Crippen molar-refractivity contribution in [2.24, 2.45) is 0 Å². The third-order valence-corrected chi connectivity index (χ3v) is 3.26. The summed E-state index contributed by atoms with van der Waals surface area (Å²) in [5, 5.41) is 5.20. The smallest absolute Gasteiger partial charge is 0.313 e. The maximum absolute atomic E-state index is 11.9. The lowest BCUT2D eigenvalue weighted by Crippen LogP contribution is -2.35. The summed E-state index contributed by atoms with van der Waals surface area (Å²) in [5.41, 5.74) is 2.36. The quantitative estimate of drug-likeness (QED) is 0.834. The number of amides is 2. The molecule has 23 heavy (non-hydrogen) atoms. The van der Waals surface area contributed by atoms with Crippen molar-refractivity contribution in [1.29, 1.82) is 0 Å². The molecule has 0 aliphatic heterocycles. The van der Waals surface area contributed by atoms with Gasteiger partial charge in [-0.3, -0.25) is 9.59 Å². The number of hydrogen-bond donors (Lipinski definition) is 2. The van der Waals surface area contributed by atoms with Crippen molar-refractivity contribution in [1.82, 2.24) is 5.32 Å². The van der Waals surface area contributed by atoms with Crippen LogP contribution in [0.15, 0.2) is 48.5 Å². The standard InChI is InChI=1S/C18H20N2O3/c1-3-23-15-9-10-16(13(2)11-15)20-18(22)17(21)19-12-14-7-5-4-6-8-14/h4-11H,3,12H2,1-2H3,(H,19,21)(H,20,22). The first-order valence-corrected chi connectivity index (χ1v) is 7.46. The van der Waals surface area contributed by atoms with Crippen LogP contribution in [0.1, 0.15) is 18.1 Å². The molecular formula is C18H20N2O3. The Morgan fingerprint density at radius 3 is 2.43 bits per heavy atom. The van der Waals surface area contributed by atoms with Gasteiger partial charge in [-0.15, -0.1) is 0 Å². The van der Waals surface area contributed by atoms with E-state index in [2.05, 4.69) is 10.6 Å². The van der Waals surface area contributed by atoms with Crippen LogP contribution < -0.4 is 15.4 Å². The second kappa shape index (κ2) is 7.98. The minimum Gasteiger partial charge on any atom is -0.494 e. The largest absolute Gasteiger partial charge is 0.494 e. The third kappa shape index (κ3) is 4.85. The molecule has 0 saturated heterocycles. The fourth-order valence-corrected chi connectivity index (χ4v) is 2.07. The molecule has 120 valence electrons. The molecule has 0 saturated carbocycles. The number of anilines is 1. The van der Waals surface area contributed by atoms with Gasteiger partial charge >= 0.3 is 11.8 Å². The van der Waals surface area contributed by atoms with Crippen molar-refractivity contribution >= 4 is 17.5 Å². The van der Waals surface area contributed by atoms with Gasteiger partial charge in [-0.05, 0) is 43.2 Å². The summed E-state index contributed by atoms with van der Waals surface area (Å²) in [6.45, 7) is 4.64. The predicted molar refractivity (Wildman–Crippen MR) is 89.3 cm³/mol. The lowest BCUT2D eigenvalue weighted by Gasteiger charge is -2.11. The van der Waals surface area contributed by atoms with Crippen LogP contribution >= 0.6 is 0 Å². The maximum Gasteiger partial charge on any atom is 0.313 e. The van der Waals surface area contributed by atoms with Crippen LogP contribution in [0.25, 0.3) is 0 Å². The zero-order chi connectivity index (χ0) is 16.7. The molecule has 2 rings (SSSR count). The second-order valence-corrected chi connectivity index (χ2v) is 5.03. The molecule has 0 aliphatic carbocycles. The lowest BCUT2D eigenvalue weighted by molar-refractivity contribution is -0.136. The van der Waals surface area contributed by atoms with Gasteiger partial charge in [0.15, 0.2) is 0 Å². The van der Waals surface area contributed by atoms with Crippen LogP contribution in [0.5, 0.6) is 5.75 Å². The zero-order valence-corrected chi connectivity index (χ0v) is 13.3. The number of ether oxygens (including phenoxy) is 1. The molecule has 0 spiro atoms. The molecule has 0 unspecified atom stereocenters. The molecule has 2 N–H and O–H groups in total. The van der Waals surface area contributed by atoms with Crippen molar-refractivity contribution < 1.29 is 14.3 Å². The summed E-state index contributed by atoms with van der Waals surface area (Å²) in [7, 11) is 0. The predicted octanol–water partition coefficient (Wildman–Crippen LogP) is 2.65. The molecular weight excluding hydrogens is 292 g/mol. The number of benzene rings is 2. The second-order valence-electron chi connectivity index (χ2n) is 5.03. The topological polar surface area (TPSA) is 67.4 Å². The number of nitrogens with one attached hydrogen (secondary N) is 2. The van der Waals surface area contributed by atoms with Gasteiger partial charge in [0, 0.05) is 12.2 Å². The van der Waals surface area contributed by atoms with Crippen LogP contribution in [0.2, 0.25) is 0 Å². The molecule has 5 heteroatoms. The SMILES string of the molecule is CCOc1ccc(NC(=O)C(=O)NCc2ccccc2)c(C)c1. The molecule has 0 aliphatic rings. The molecule has 2 aromatic carbocycles. The van der Waals surface area contributed by atoms with Crippen LogP contribution in [0.4, 0.5) is 5.69 Å². The first-order chi connectivity index (χ1) is 11.1. The van der Waals surface area contributed by atoms with Crippen LogP contribution in [0.3, 0.4) is 0 Å². The molecule has 0 atom stereocenters. The monoisotopic (exact) mass is 312 g/mol. The summed E-state index contributed by atoms with van der Waals surface area (Å²) >= 11 is 0. The minimum absolute atomic E-state index is 0.315. The van der Waals surface area contributed by atoms with Crippen LogP contribution in [-0.2, 0) is 16.1 Å². The number of carbonyl (C=O) groups is 2. The molecule has 0 aromatic heterocycles. The van der Waals surface area contributed by atoms with E-state index in [4.69, 9.17) is 4.74 Å². The fourth-order valence-electron chi connectivity index (χ4n) is 2.07. The molecule has 0 radical (unpaired) electrons. The third-order valence-electron chi connectivity index (χ3n) is 3.26. The fraction of sp³-hybridized carbons (Fsp3) is 0.222. The van der Waals surface area contributed by atoms with Gasteiger partial charge < -0.3 is 15.4 Å². The van der Waals surface area contributed by atoms with Crippen LogP contribution in [-0.4, -0.2) is 18.4 Å². The minimum atomic E-state index is -0.687. The van der Waals surface area contributed by atoms with Crippen molar-refractivity contribution in [3.63, 3.8) is 0 Å². The van der Waals surface area contributed by atoms with Crippen molar-refractivity contribution in [2.45, 2.75) is 20.4 Å².